The van der Waals surface area contributed by atoms with E-state index < -0.39 is 70.2 Å². The summed E-state index contributed by atoms with van der Waals surface area (Å²) in [4.78, 5) is 64.2. The molecule has 0 heterocycles. The third kappa shape index (κ3) is 7.36. The van der Waals surface area contributed by atoms with Crippen LogP contribution in [-0.4, -0.2) is 75.4 Å². The second kappa shape index (κ2) is 12.8. The van der Waals surface area contributed by atoms with E-state index in [1.54, 1.807) is 53.7 Å². The van der Waals surface area contributed by atoms with Crippen LogP contribution in [0.1, 0.15) is 101 Å². The number of Topliss-reactive ketones (excluding diaryl/α,β-unsaturated/α-hetero) is 1. The van der Waals surface area contributed by atoms with E-state index in [-0.39, 0.29) is 55.1 Å². The monoisotopic (exact) mass is 659 g/mol. The summed E-state index contributed by atoms with van der Waals surface area (Å²) in [5.41, 5.74) is -3.91. The number of alkyl carbamates (subject to hydrolysis) is 1. The second-order valence-corrected chi connectivity index (χ2v) is 16.5. The van der Waals surface area contributed by atoms with Crippen molar-refractivity contribution < 1.29 is 48.4 Å². The maximum atomic E-state index is 13.8. The number of ether oxygens (including phenoxy) is 3. The predicted molar refractivity (Wildman–Crippen MR) is 172 cm³/mol. The van der Waals surface area contributed by atoms with Gasteiger partial charge >= 0.3 is 18.0 Å². The van der Waals surface area contributed by atoms with Gasteiger partial charge in [-0.1, -0.05) is 32.4 Å². The highest BCUT2D eigenvalue weighted by molar-refractivity contribution is 6.01. The molecule has 3 saturated carbocycles. The molecule has 0 bridgehead atoms. The molecule has 3 N–H and O–H groups in total. The van der Waals surface area contributed by atoms with Gasteiger partial charge in [0.25, 0.3) is 0 Å². The number of ketones is 2. The Morgan fingerprint density at radius 2 is 1.70 bits per heavy atom. The Morgan fingerprint density at radius 1 is 1.06 bits per heavy atom. The largest absolute Gasteiger partial charge is 0.460 e. The third-order valence-corrected chi connectivity index (χ3v) is 10.8. The summed E-state index contributed by atoms with van der Waals surface area (Å²) < 4.78 is 16.0. The molecule has 4 rings (SSSR count). The van der Waals surface area contributed by atoms with Crippen LogP contribution < -0.4 is 5.32 Å². The zero-order chi connectivity index (χ0) is 35.3. The lowest BCUT2D eigenvalue weighted by molar-refractivity contribution is -0.183. The zero-order valence-corrected chi connectivity index (χ0v) is 29.3. The number of amides is 1. The normalized spacial score (nSPS) is 35.4. The van der Waals surface area contributed by atoms with Crippen molar-refractivity contribution in [1.29, 1.82) is 0 Å². The van der Waals surface area contributed by atoms with E-state index in [0.29, 0.717) is 6.42 Å². The van der Waals surface area contributed by atoms with Crippen molar-refractivity contribution in [3.63, 3.8) is 0 Å². The molecular formula is C36H53NO10. The number of nitrogens with one attached hydrogen (secondary N) is 1. The van der Waals surface area contributed by atoms with Gasteiger partial charge in [-0.3, -0.25) is 14.4 Å². The molecule has 0 aliphatic heterocycles. The molecular weight excluding hydrogens is 606 g/mol. The number of hydrogen-bond donors (Lipinski definition) is 3. The highest BCUT2D eigenvalue weighted by atomic mass is 16.6. The van der Waals surface area contributed by atoms with Crippen LogP contribution in [0.2, 0.25) is 0 Å². The van der Waals surface area contributed by atoms with Crippen molar-refractivity contribution in [1.82, 2.24) is 5.32 Å². The van der Waals surface area contributed by atoms with Crippen LogP contribution in [0.3, 0.4) is 0 Å². The Labute approximate surface area is 277 Å². The van der Waals surface area contributed by atoms with Crippen LogP contribution in [-0.2, 0) is 33.4 Å². The van der Waals surface area contributed by atoms with Gasteiger partial charge in [-0.25, -0.2) is 9.59 Å². The number of rotatable bonds is 8. The van der Waals surface area contributed by atoms with E-state index in [2.05, 4.69) is 19.2 Å². The Kier molecular flexibility index (Phi) is 9.99. The molecule has 262 valence electrons. The number of hydrogen-bond acceptors (Lipinski definition) is 10. The zero-order valence-electron chi connectivity index (χ0n) is 29.3. The first-order valence-corrected chi connectivity index (χ1v) is 16.8. The summed E-state index contributed by atoms with van der Waals surface area (Å²) in [5.74, 6) is -2.43. The van der Waals surface area contributed by atoms with Crippen molar-refractivity contribution in [3.05, 3.63) is 23.8 Å². The highest BCUT2D eigenvalue weighted by Gasteiger charge is 2.68. The number of carbonyl (C=O) groups excluding carboxylic acids is 5. The van der Waals surface area contributed by atoms with E-state index in [9.17, 15) is 34.2 Å². The lowest BCUT2D eigenvalue weighted by Gasteiger charge is -2.60. The Hall–Kier alpha value is -3.05. The molecule has 4 aliphatic rings. The summed E-state index contributed by atoms with van der Waals surface area (Å²) in [6.45, 7) is 15.4. The minimum Gasteiger partial charge on any atom is -0.460 e. The smallest absolute Gasteiger partial charge is 0.408 e. The van der Waals surface area contributed by atoms with Gasteiger partial charge in [0.15, 0.2) is 12.4 Å². The quantitative estimate of drug-likeness (QED) is 0.252. The molecule has 0 unspecified atom stereocenters. The number of aliphatic hydroxyl groups excluding tert-OH is 1. The van der Waals surface area contributed by atoms with E-state index in [0.717, 1.165) is 12.0 Å². The van der Waals surface area contributed by atoms with Gasteiger partial charge in [-0.15, -0.1) is 0 Å². The van der Waals surface area contributed by atoms with Crippen LogP contribution in [0.4, 0.5) is 4.79 Å². The van der Waals surface area contributed by atoms with Gasteiger partial charge in [0.1, 0.15) is 22.8 Å². The summed E-state index contributed by atoms with van der Waals surface area (Å²) >= 11 is 0. The first kappa shape index (κ1) is 36.8. The fraction of sp³-hybridized carbons (Fsp3) is 0.750. The summed E-state index contributed by atoms with van der Waals surface area (Å²) in [7, 11) is 0. The molecule has 11 heteroatoms. The SMILES string of the molecule is C[C@H]1C[C@H]2[C@@H]([C@H](O)C[C@@]3(C)[C@H]2CC[C@]3(O)C(=O)COC(=O)[C@H](CCC(=O)OC(C)(C)C)NC(=O)OC(C)(C)C)[C@@]2(C)C=CC(=O)C=C12. The van der Waals surface area contributed by atoms with Crippen molar-refractivity contribution >= 4 is 29.6 Å². The molecule has 0 spiro atoms. The lowest BCUT2D eigenvalue weighted by Crippen LogP contribution is -2.62. The maximum absolute atomic E-state index is 13.8. The van der Waals surface area contributed by atoms with E-state index >= 15 is 0 Å². The van der Waals surface area contributed by atoms with E-state index in [1.807, 2.05) is 13.0 Å². The number of esters is 2. The minimum atomic E-state index is -1.85. The Balaban J connectivity index is 1.48. The van der Waals surface area contributed by atoms with Crippen molar-refractivity contribution in [2.75, 3.05) is 6.61 Å². The number of fused-ring (bicyclic) bond motifs is 5. The van der Waals surface area contributed by atoms with Crippen LogP contribution in [0.25, 0.3) is 0 Å². The number of aliphatic hydroxyl groups is 2. The summed E-state index contributed by atoms with van der Waals surface area (Å²) in [6, 6.07) is -1.31. The van der Waals surface area contributed by atoms with Gasteiger partial charge in [-0.2, -0.15) is 0 Å². The first-order valence-electron chi connectivity index (χ1n) is 16.8. The summed E-state index contributed by atoms with van der Waals surface area (Å²) in [5, 5.41) is 26.2. The molecule has 11 nitrogen and oxygen atoms in total. The molecule has 3 fully saturated rings. The van der Waals surface area contributed by atoms with Crippen molar-refractivity contribution in [2.45, 2.75) is 130 Å². The molecule has 0 aromatic carbocycles. The predicted octanol–water partition coefficient (Wildman–Crippen LogP) is 4.37. The average Bonchev–Trinajstić information content (AvgIpc) is 3.19. The van der Waals surface area contributed by atoms with E-state index in [4.69, 9.17) is 14.2 Å². The van der Waals surface area contributed by atoms with Gasteiger partial charge in [-0.05, 0) is 104 Å². The molecule has 4 aliphatic carbocycles. The topological polar surface area (TPSA) is 166 Å². The maximum Gasteiger partial charge on any atom is 0.408 e. The molecule has 47 heavy (non-hydrogen) atoms. The van der Waals surface area contributed by atoms with Crippen molar-refractivity contribution in [2.24, 2.45) is 34.5 Å². The molecule has 9 atom stereocenters. The van der Waals surface area contributed by atoms with Crippen molar-refractivity contribution in [3.8, 4) is 0 Å². The standard InChI is InChI=1S/C36H53NO10/c1-20-16-22-23-13-15-36(44,35(23,9)18-26(39)29(22)34(8)14-12-21(38)17-24(20)34)27(40)19-45-30(42)25(37-31(43)47-33(5,6)7)10-11-28(41)46-32(2,3)4/h12,14,17,20,22-23,25-26,29,39,44H,10-11,13,15-16,18-19H2,1-9H3,(H,37,43)/t20-,22+,23-,25-,26+,29-,34-,35-,36-/m0/s1. The molecule has 0 aromatic rings. The second-order valence-electron chi connectivity index (χ2n) is 16.5. The molecule has 0 saturated heterocycles. The van der Waals surface area contributed by atoms with Gasteiger partial charge in [0.05, 0.1) is 6.10 Å². The van der Waals surface area contributed by atoms with Gasteiger partial charge in [0, 0.05) is 23.2 Å². The Morgan fingerprint density at radius 3 is 2.32 bits per heavy atom. The fourth-order valence-corrected chi connectivity index (χ4v) is 8.92. The molecule has 0 radical (unpaired) electrons. The first-order chi connectivity index (χ1) is 21.5. The third-order valence-electron chi connectivity index (χ3n) is 10.8. The van der Waals surface area contributed by atoms with Gasteiger partial charge in [0.2, 0.25) is 5.78 Å². The molecule has 0 aromatic heterocycles. The fourth-order valence-electron chi connectivity index (χ4n) is 8.92. The Bertz CT molecular complexity index is 1350. The van der Waals surface area contributed by atoms with Crippen LogP contribution >= 0.6 is 0 Å². The van der Waals surface area contributed by atoms with Crippen LogP contribution in [0.15, 0.2) is 23.8 Å². The van der Waals surface area contributed by atoms with E-state index in [1.165, 1.54) is 0 Å². The van der Waals surface area contributed by atoms with Crippen LogP contribution in [0, 0.1) is 34.5 Å². The lowest BCUT2D eigenvalue weighted by atomic mass is 9.45. The molecule has 1 amide bonds. The number of carbonyl (C=O) groups is 5. The minimum absolute atomic E-state index is 0.00149. The van der Waals surface area contributed by atoms with Gasteiger partial charge < -0.3 is 29.7 Å². The number of allylic oxidation sites excluding steroid dienone is 4. The van der Waals surface area contributed by atoms with Crippen LogP contribution in [0.5, 0.6) is 0 Å². The highest BCUT2D eigenvalue weighted by Crippen LogP contribution is 2.67. The summed E-state index contributed by atoms with van der Waals surface area (Å²) in [6.07, 6.45) is 4.70. The average molecular weight is 660 g/mol.